The van der Waals surface area contributed by atoms with E-state index in [1.54, 1.807) is 6.20 Å². The molecule has 18 heavy (non-hydrogen) atoms. The second-order valence-corrected chi connectivity index (χ2v) is 4.64. The third kappa shape index (κ3) is 3.55. The summed E-state index contributed by atoms with van der Waals surface area (Å²) in [6, 6.07) is 10.2. The first-order chi connectivity index (χ1) is 8.75. The van der Waals surface area contributed by atoms with Crippen molar-refractivity contribution in [3.63, 3.8) is 0 Å². The molecule has 2 heterocycles. The molecule has 2 aromatic heterocycles. The molecule has 3 nitrogen and oxygen atoms in total. The number of nitrogens with one attached hydrogen (secondary N) is 1. The fourth-order valence-corrected chi connectivity index (χ4v) is 1.75. The third-order valence-corrected chi connectivity index (χ3v) is 2.80. The van der Waals surface area contributed by atoms with Crippen LogP contribution >= 0.6 is 0 Å². The van der Waals surface area contributed by atoms with Crippen molar-refractivity contribution in [2.75, 3.05) is 11.9 Å². The van der Waals surface area contributed by atoms with Crippen molar-refractivity contribution >= 4 is 5.82 Å². The molecular weight excluding hydrogens is 222 g/mol. The maximum Gasteiger partial charge on any atom is 0.126 e. The Kier molecular flexibility index (Phi) is 4.29. The van der Waals surface area contributed by atoms with E-state index in [2.05, 4.69) is 47.3 Å². The molecule has 2 rings (SSSR count). The summed E-state index contributed by atoms with van der Waals surface area (Å²) in [5, 5.41) is 3.35. The molecule has 0 fully saturated rings. The van der Waals surface area contributed by atoms with Gasteiger partial charge >= 0.3 is 0 Å². The van der Waals surface area contributed by atoms with Crippen LogP contribution in [0.15, 0.2) is 42.7 Å². The Hall–Kier alpha value is -1.90. The molecule has 0 amide bonds. The Labute approximate surface area is 108 Å². The highest BCUT2D eigenvalue weighted by molar-refractivity contribution is 5.36. The van der Waals surface area contributed by atoms with Gasteiger partial charge in [-0.1, -0.05) is 26.0 Å². The summed E-state index contributed by atoms with van der Waals surface area (Å²) in [5.74, 6) is 1.41. The van der Waals surface area contributed by atoms with E-state index in [0.717, 1.165) is 24.5 Å². The molecule has 0 bridgehead atoms. The smallest absolute Gasteiger partial charge is 0.126 e. The SMILES string of the molecule is CC(C)c1cccc(NCCc2cccnc2)n1. The highest BCUT2D eigenvalue weighted by Crippen LogP contribution is 2.13. The first-order valence-electron chi connectivity index (χ1n) is 6.35. The highest BCUT2D eigenvalue weighted by Gasteiger charge is 2.01. The topological polar surface area (TPSA) is 37.8 Å². The van der Waals surface area contributed by atoms with Crippen LogP contribution < -0.4 is 5.32 Å². The standard InChI is InChI=1S/C15H19N3/c1-12(2)14-6-3-7-15(18-14)17-10-8-13-5-4-9-16-11-13/h3-7,9,11-12H,8,10H2,1-2H3,(H,17,18). The van der Waals surface area contributed by atoms with E-state index in [0.29, 0.717) is 5.92 Å². The first kappa shape index (κ1) is 12.6. The van der Waals surface area contributed by atoms with Gasteiger partial charge in [-0.2, -0.15) is 0 Å². The van der Waals surface area contributed by atoms with Crippen LogP contribution in [0.1, 0.15) is 31.0 Å². The predicted molar refractivity (Wildman–Crippen MR) is 74.8 cm³/mol. The Bertz CT molecular complexity index is 480. The fourth-order valence-electron chi connectivity index (χ4n) is 1.75. The number of hydrogen-bond donors (Lipinski definition) is 1. The molecule has 3 heteroatoms. The molecule has 0 saturated carbocycles. The molecule has 0 atom stereocenters. The Morgan fingerprint density at radius 2 is 2.06 bits per heavy atom. The van der Waals surface area contributed by atoms with Crippen molar-refractivity contribution in [1.82, 2.24) is 9.97 Å². The number of nitrogens with zero attached hydrogens (tertiary/aromatic N) is 2. The maximum atomic E-state index is 4.58. The number of anilines is 1. The summed E-state index contributed by atoms with van der Waals surface area (Å²) in [6.07, 6.45) is 4.66. The lowest BCUT2D eigenvalue weighted by atomic mass is 10.1. The van der Waals surface area contributed by atoms with Crippen LogP contribution in [0.3, 0.4) is 0 Å². The zero-order chi connectivity index (χ0) is 12.8. The number of aromatic nitrogens is 2. The van der Waals surface area contributed by atoms with Gasteiger partial charge in [-0.15, -0.1) is 0 Å². The van der Waals surface area contributed by atoms with Crippen LogP contribution in [0.25, 0.3) is 0 Å². The number of pyridine rings is 2. The molecule has 0 radical (unpaired) electrons. The molecule has 0 aromatic carbocycles. The second kappa shape index (κ2) is 6.15. The Morgan fingerprint density at radius 1 is 1.17 bits per heavy atom. The highest BCUT2D eigenvalue weighted by atomic mass is 15.0. The van der Waals surface area contributed by atoms with Crippen molar-refractivity contribution in [2.45, 2.75) is 26.2 Å². The van der Waals surface area contributed by atoms with Crippen LogP contribution in [0.2, 0.25) is 0 Å². The fraction of sp³-hybridized carbons (Fsp3) is 0.333. The summed E-state index contributed by atoms with van der Waals surface area (Å²) in [4.78, 5) is 8.68. The van der Waals surface area contributed by atoms with Gasteiger partial charge in [0.25, 0.3) is 0 Å². The van der Waals surface area contributed by atoms with Crippen LogP contribution in [0.5, 0.6) is 0 Å². The quantitative estimate of drug-likeness (QED) is 0.873. The molecule has 0 unspecified atom stereocenters. The average Bonchev–Trinajstić information content (AvgIpc) is 2.40. The minimum absolute atomic E-state index is 0.463. The molecule has 0 spiro atoms. The molecule has 1 N–H and O–H groups in total. The molecular formula is C15H19N3. The van der Waals surface area contributed by atoms with Gasteiger partial charge < -0.3 is 5.32 Å². The summed E-state index contributed by atoms with van der Waals surface area (Å²) >= 11 is 0. The van der Waals surface area contributed by atoms with E-state index in [1.807, 2.05) is 18.3 Å². The molecule has 0 aliphatic heterocycles. The molecule has 94 valence electrons. The largest absolute Gasteiger partial charge is 0.370 e. The van der Waals surface area contributed by atoms with Gasteiger partial charge in [0.1, 0.15) is 5.82 Å². The minimum Gasteiger partial charge on any atom is -0.370 e. The van der Waals surface area contributed by atoms with Crippen LogP contribution in [-0.4, -0.2) is 16.5 Å². The van der Waals surface area contributed by atoms with Gasteiger partial charge in [-0.25, -0.2) is 4.98 Å². The van der Waals surface area contributed by atoms with Gasteiger partial charge in [0.2, 0.25) is 0 Å². The van der Waals surface area contributed by atoms with Gasteiger partial charge in [-0.05, 0) is 36.1 Å². The number of rotatable bonds is 5. The molecule has 0 saturated heterocycles. The van der Waals surface area contributed by atoms with Gasteiger partial charge in [0.15, 0.2) is 0 Å². The van der Waals surface area contributed by atoms with Crippen LogP contribution in [-0.2, 0) is 6.42 Å². The van der Waals surface area contributed by atoms with E-state index in [-0.39, 0.29) is 0 Å². The maximum absolute atomic E-state index is 4.58. The van der Waals surface area contributed by atoms with E-state index in [4.69, 9.17) is 0 Å². The van der Waals surface area contributed by atoms with Gasteiger partial charge in [-0.3, -0.25) is 4.98 Å². The van der Waals surface area contributed by atoms with Gasteiger partial charge in [0, 0.05) is 24.6 Å². The van der Waals surface area contributed by atoms with E-state index in [1.165, 1.54) is 5.56 Å². The van der Waals surface area contributed by atoms with Crippen LogP contribution in [0.4, 0.5) is 5.82 Å². The monoisotopic (exact) mass is 241 g/mol. The first-order valence-corrected chi connectivity index (χ1v) is 6.35. The van der Waals surface area contributed by atoms with E-state index >= 15 is 0 Å². The Morgan fingerprint density at radius 3 is 2.78 bits per heavy atom. The van der Waals surface area contributed by atoms with E-state index < -0.39 is 0 Å². The molecule has 0 aliphatic rings. The summed E-state index contributed by atoms with van der Waals surface area (Å²) < 4.78 is 0. The average molecular weight is 241 g/mol. The lowest BCUT2D eigenvalue weighted by molar-refractivity contribution is 0.822. The minimum atomic E-state index is 0.463. The van der Waals surface area contributed by atoms with Crippen molar-refractivity contribution in [2.24, 2.45) is 0 Å². The number of hydrogen-bond acceptors (Lipinski definition) is 3. The van der Waals surface area contributed by atoms with Crippen LogP contribution in [0, 0.1) is 0 Å². The van der Waals surface area contributed by atoms with Crippen molar-refractivity contribution in [1.29, 1.82) is 0 Å². The lowest BCUT2D eigenvalue weighted by Crippen LogP contribution is -2.07. The predicted octanol–water partition coefficient (Wildman–Crippen LogP) is 3.25. The molecule has 0 aliphatic carbocycles. The second-order valence-electron chi connectivity index (χ2n) is 4.64. The summed E-state index contributed by atoms with van der Waals surface area (Å²) in [5.41, 5.74) is 2.37. The van der Waals surface area contributed by atoms with Crippen molar-refractivity contribution < 1.29 is 0 Å². The van der Waals surface area contributed by atoms with E-state index in [9.17, 15) is 0 Å². The molecule has 2 aromatic rings. The Balaban J connectivity index is 1.89. The van der Waals surface area contributed by atoms with Gasteiger partial charge in [0.05, 0.1) is 0 Å². The summed E-state index contributed by atoms with van der Waals surface area (Å²) in [7, 11) is 0. The van der Waals surface area contributed by atoms with Crippen molar-refractivity contribution in [3.8, 4) is 0 Å². The lowest BCUT2D eigenvalue weighted by Gasteiger charge is -2.09. The zero-order valence-electron chi connectivity index (χ0n) is 10.9. The summed E-state index contributed by atoms with van der Waals surface area (Å²) in [6.45, 7) is 5.18. The van der Waals surface area contributed by atoms with Crippen molar-refractivity contribution in [3.05, 3.63) is 54.0 Å². The zero-order valence-corrected chi connectivity index (χ0v) is 10.9. The third-order valence-electron chi connectivity index (χ3n) is 2.80. The normalized spacial score (nSPS) is 10.6.